The third-order valence-corrected chi connectivity index (χ3v) is 8.44. The summed E-state index contributed by atoms with van der Waals surface area (Å²) < 4.78 is 29.8. The molecule has 0 spiro atoms. The fourth-order valence-corrected chi connectivity index (χ4v) is 6.94. The third kappa shape index (κ3) is 4.37. The summed E-state index contributed by atoms with van der Waals surface area (Å²) in [6, 6.07) is 6.28. The van der Waals surface area contributed by atoms with Crippen LogP contribution in [0.5, 0.6) is 0 Å². The maximum absolute atomic E-state index is 14.1. The lowest BCUT2D eigenvalue weighted by Gasteiger charge is -2.28. The molecule has 0 saturated heterocycles. The molecule has 1 aromatic heterocycles. The lowest BCUT2D eigenvalue weighted by atomic mass is 9.89. The Hall–Kier alpha value is -1.43. The fourth-order valence-electron chi connectivity index (χ4n) is 3.88. The average Bonchev–Trinajstić information content (AvgIpc) is 2.99. The first-order valence-corrected chi connectivity index (χ1v) is 12.8. The number of fused-ring (bicyclic) bond motifs is 1. The van der Waals surface area contributed by atoms with Gasteiger partial charge in [-0.1, -0.05) is 59.2 Å². The number of nitrogens with zero attached hydrogens (tertiary/aromatic N) is 1. The number of hydrogen-bond donors (Lipinski definition) is 0. The number of benzene rings is 1. The number of thiophene rings is 1. The maximum atomic E-state index is 14.1. The largest absolute Gasteiger partial charge is 0.244 e. The molecule has 2 aromatic rings. The molecule has 5 heteroatoms. The molecule has 0 fully saturated rings. The maximum Gasteiger partial charge on any atom is 0.244 e. The smallest absolute Gasteiger partial charge is 0.207 e. The van der Waals surface area contributed by atoms with Crippen molar-refractivity contribution in [2.45, 2.75) is 77.7 Å². The molecule has 0 bridgehead atoms. The summed E-state index contributed by atoms with van der Waals surface area (Å²) in [5, 5.41) is 2.04. The summed E-state index contributed by atoms with van der Waals surface area (Å²) in [6.07, 6.45) is 2.13. The van der Waals surface area contributed by atoms with Crippen molar-refractivity contribution in [3.63, 3.8) is 0 Å². The second-order valence-electron chi connectivity index (χ2n) is 9.07. The molecule has 0 saturated carbocycles. The summed E-state index contributed by atoms with van der Waals surface area (Å²) in [5.74, 6) is 0.631. The van der Waals surface area contributed by atoms with Crippen LogP contribution in [-0.2, 0) is 16.6 Å². The lowest BCUT2D eigenvalue weighted by molar-refractivity contribution is 0.432. The molecule has 158 valence electrons. The van der Waals surface area contributed by atoms with Gasteiger partial charge in [0.25, 0.3) is 0 Å². The summed E-state index contributed by atoms with van der Waals surface area (Å²) in [7, 11) is -3.64. The first kappa shape index (κ1) is 22.3. The van der Waals surface area contributed by atoms with Gasteiger partial charge < -0.3 is 0 Å². The summed E-state index contributed by atoms with van der Waals surface area (Å²) in [6.45, 7) is 15.6. The van der Waals surface area contributed by atoms with Gasteiger partial charge in [-0.15, -0.1) is 11.3 Å². The van der Waals surface area contributed by atoms with E-state index in [1.807, 2.05) is 18.4 Å². The Morgan fingerprint density at radius 3 is 2.03 bits per heavy atom. The van der Waals surface area contributed by atoms with E-state index in [4.69, 9.17) is 0 Å². The predicted octanol–water partition coefficient (Wildman–Crippen LogP) is 6.73. The molecule has 0 N–H and O–H groups in total. The molecule has 0 atom stereocenters. The third-order valence-electron chi connectivity index (χ3n) is 5.61. The first-order valence-electron chi connectivity index (χ1n) is 10.4. The van der Waals surface area contributed by atoms with E-state index in [0.29, 0.717) is 23.9 Å². The topological polar surface area (TPSA) is 37.4 Å². The van der Waals surface area contributed by atoms with Crippen molar-refractivity contribution >= 4 is 27.4 Å². The van der Waals surface area contributed by atoms with Crippen molar-refractivity contribution in [1.29, 1.82) is 0 Å². The lowest BCUT2D eigenvalue weighted by Crippen LogP contribution is -2.33. The minimum absolute atomic E-state index is 0.135. The average molecular weight is 432 g/mol. The van der Waals surface area contributed by atoms with Gasteiger partial charge in [0.05, 0.1) is 4.90 Å². The van der Waals surface area contributed by atoms with E-state index < -0.39 is 10.0 Å². The van der Waals surface area contributed by atoms with E-state index in [0.717, 1.165) is 22.3 Å². The first-order chi connectivity index (χ1) is 13.5. The van der Waals surface area contributed by atoms with Gasteiger partial charge in [0, 0.05) is 18.0 Å². The van der Waals surface area contributed by atoms with E-state index in [1.54, 1.807) is 15.6 Å². The van der Waals surface area contributed by atoms with Gasteiger partial charge >= 0.3 is 0 Å². The molecule has 0 aliphatic carbocycles. The molecule has 1 aliphatic rings. The second-order valence-corrected chi connectivity index (χ2v) is 11.9. The van der Waals surface area contributed by atoms with Crippen LogP contribution < -0.4 is 0 Å². The van der Waals surface area contributed by atoms with Crippen LogP contribution in [0.1, 0.15) is 93.4 Å². The Balaban J connectivity index is 2.22. The molecule has 29 heavy (non-hydrogen) atoms. The highest BCUT2D eigenvalue weighted by molar-refractivity contribution is 7.89. The Morgan fingerprint density at radius 2 is 1.52 bits per heavy atom. The number of hydrogen-bond acceptors (Lipinski definition) is 3. The molecule has 3 nitrogen and oxygen atoms in total. The zero-order valence-corrected chi connectivity index (χ0v) is 20.2. The summed E-state index contributed by atoms with van der Waals surface area (Å²) in [5.41, 5.74) is 5.26. The zero-order valence-electron chi connectivity index (χ0n) is 18.6. The molecule has 3 rings (SSSR count). The van der Waals surface area contributed by atoms with E-state index in [2.05, 4.69) is 59.8 Å². The van der Waals surface area contributed by atoms with Gasteiger partial charge in [-0.25, -0.2) is 8.42 Å². The Bertz CT molecular complexity index is 998. The van der Waals surface area contributed by atoms with Crippen LogP contribution in [0, 0.1) is 0 Å². The molecule has 0 radical (unpaired) electrons. The highest BCUT2D eigenvalue weighted by atomic mass is 32.2. The van der Waals surface area contributed by atoms with Crippen LogP contribution in [0.3, 0.4) is 0 Å². The predicted molar refractivity (Wildman–Crippen MR) is 124 cm³/mol. The molecule has 2 heterocycles. The van der Waals surface area contributed by atoms with Crippen molar-refractivity contribution in [2.75, 3.05) is 6.54 Å². The molecule has 0 unspecified atom stereocenters. The molecule has 1 aliphatic heterocycles. The quantitative estimate of drug-likeness (QED) is 0.526. The normalized spacial score (nSPS) is 15.7. The van der Waals surface area contributed by atoms with Crippen molar-refractivity contribution in [2.24, 2.45) is 0 Å². The molecular weight excluding hydrogens is 398 g/mol. The van der Waals surface area contributed by atoms with E-state index >= 15 is 0 Å². The van der Waals surface area contributed by atoms with Crippen LogP contribution in [0.15, 0.2) is 34.0 Å². The van der Waals surface area contributed by atoms with Crippen molar-refractivity contribution < 1.29 is 8.42 Å². The molecule has 1 aromatic carbocycles. The van der Waals surface area contributed by atoms with Crippen molar-refractivity contribution in [3.8, 4) is 0 Å². The van der Waals surface area contributed by atoms with E-state index in [9.17, 15) is 8.42 Å². The minimum atomic E-state index is -3.64. The summed E-state index contributed by atoms with van der Waals surface area (Å²) in [4.78, 5) is 1.70. The monoisotopic (exact) mass is 431 g/mol. The highest BCUT2D eigenvalue weighted by Gasteiger charge is 2.33. The van der Waals surface area contributed by atoms with Crippen LogP contribution in [-0.4, -0.2) is 19.3 Å². The van der Waals surface area contributed by atoms with Crippen LogP contribution >= 0.6 is 11.3 Å². The van der Waals surface area contributed by atoms with Gasteiger partial charge in [-0.3, -0.25) is 0 Å². The van der Waals surface area contributed by atoms with Crippen LogP contribution in [0.25, 0.3) is 6.08 Å². The Labute approximate surface area is 180 Å². The second kappa shape index (κ2) is 8.37. The molecule has 0 amide bonds. The SMILES string of the molecule is CC1=Cc2sccc2CN(S(=O)(=O)c2c(C(C)C)cc(C(C)C)cc2C(C)C)C1. The minimum Gasteiger partial charge on any atom is -0.207 e. The standard InChI is InChI=1S/C24H33NO2S2/c1-15(2)20-11-21(16(3)4)24(22(12-20)17(5)6)29(26,27)25-13-18(7)10-23-19(14-25)8-9-28-23/h8-12,15-17H,13-14H2,1-7H3. The number of rotatable bonds is 5. The Morgan fingerprint density at radius 1 is 0.931 bits per heavy atom. The van der Waals surface area contributed by atoms with Gasteiger partial charge in [-0.2, -0.15) is 4.31 Å². The Kier molecular flexibility index (Phi) is 6.42. The van der Waals surface area contributed by atoms with Crippen molar-refractivity contribution in [3.05, 3.63) is 56.3 Å². The fraction of sp³-hybridized carbons (Fsp3) is 0.500. The summed E-state index contributed by atoms with van der Waals surface area (Å²) >= 11 is 1.67. The zero-order chi connectivity index (χ0) is 21.5. The molecular formula is C24H33NO2S2. The van der Waals surface area contributed by atoms with E-state index in [1.165, 1.54) is 10.4 Å². The van der Waals surface area contributed by atoms with Gasteiger partial charge in [0.1, 0.15) is 0 Å². The van der Waals surface area contributed by atoms with E-state index in [-0.39, 0.29) is 11.8 Å². The van der Waals surface area contributed by atoms with Crippen molar-refractivity contribution in [1.82, 2.24) is 4.31 Å². The van der Waals surface area contributed by atoms with Gasteiger partial charge in [0.15, 0.2) is 0 Å². The number of sulfonamides is 1. The highest BCUT2D eigenvalue weighted by Crippen LogP contribution is 2.38. The van der Waals surface area contributed by atoms with Gasteiger partial charge in [-0.05, 0) is 64.5 Å². The van der Waals surface area contributed by atoms with Crippen LogP contribution in [0.4, 0.5) is 0 Å². The van der Waals surface area contributed by atoms with Crippen LogP contribution in [0.2, 0.25) is 0 Å². The van der Waals surface area contributed by atoms with Gasteiger partial charge in [0.2, 0.25) is 10.0 Å².